The number of benzene rings is 1. The van der Waals surface area contributed by atoms with E-state index >= 15 is 0 Å². The molecule has 0 fully saturated rings. The molecule has 1 aromatic rings. The van der Waals surface area contributed by atoms with Crippen molar-refractivity contribution in [2.24, 2.45) is 0 Å². The first-order valence-electron chi connectivity index (χ1n) is 4.66. The number of esters is 1. The van der Waals surface area contributed by atoms with Crippen molar-refractivity contribution in [2.45, 2.75) is 19.8 Å². The van der Waals surface area contributed by atoms with Gasteiger partial charge < -0.3 is 4.74 Å². The summed E-state index contributed by atoms with van der Waals surface area (Å²) in [6.45, 7) is 2.57. The van der Waals surface area contributed by atoms with Crippen LogP contribution in [-0.4, -0.2) is 12.6 Å². The molecule has 0 bridgehead atoms. The van der Waals surface area contributed by atoms with E-state index in [0.29, 0.717) is 12.2 Å². The van der Waals surface area contributed by atoms with Gasteiger partial charge in [-0.3, -0.25) is 0 Å². The average Bonchev–Trinajstić information content (AvgIpc) is 2.19. The summed E-state index contributed by atoms with van der Waals surface area (Å²) >= 11 is 3.31. The number of halogens is 1. The third-order valence-electron chi connectivity index (χ3n) is 1.81. The Morgan fingerprint density at radius 1 is 1.36 bits per heavy atom. The second-order valence-corrected chi connectivity index (χ2v) is 3.91. The summed E-state index contributed by atoms with van der Waals surface area (Å²) in [5, 5.41) is 0. The summed E-state index contributed by atoms with van der Waals surface area (Å²) in [5.41, 5.74) is 0.601. The highest BCUT2D eigenvalue weighted by atomic mass is 79.9. The highest BCUT2D eigenvalue weighted by Gasteiger charge is 2.05. The van der Waals surface area contributed by atoms with Crippen molar-refractivity contribution >= 4 is 21.9 Å². The molecule has 0 aromatic heterocycles. The van der Waals surface area contributed by atoms with Crippen LogP contribution in [-0.2, 0) is 4.74 Å². The molecular formula is C11H13BrO2. The van der Waals surface area contributed by atoms with Gasteiger partial charge in [-0.05, 0) is 30.7 Å². The van der Waals surface area contributed by atoms with Crippen molar-refractivity contribution in [1.29, 1.82) is 0 Å². The SMILES string of the molecule is CCCCOC(=O)c1ccc(Br)cc1. The molecular weight excluding hydrogens is 244 g/mol. The van der Waals surface area contributed by atoms with Crippen LogP contribution in [0.2, 0.25) is 0 Å². The van der Waals surface area contributed by atoms with E-state index in [9.17, 15) is 4.79 Å². The highest BCUT2D eigenvalue weighted by molar-refractivity contribution is 9.10. The smallest absolute Gasteiger partial charge is 0.338 e. The standard InChI is InChI=1S/C11H13BrO2/c1-2-3-8-14-11(13)9-4-6-10(12)7-5-9/h4-7H,2-3,8H2,1H3. The highest BCUT2D eigenvalue weighted by Crippen LogP contribution is 2.11. The van der Waals surface area contributed by atoms with E-state index in [1.54, 1.807) is 12.1 Å². The number of rotatable bonds is 4. The number of carbonyl (C=O) groups excluding carboxylic acids is 1. The van der Waals surface area contributed by atoms with Gasteiger partial charge in [0.2, 0.25) is 0 Å². The fourth-order valence-corrected chi connectivity index (χ4v) is 1.24. The van der Waals surface area contributed by atoms with E-state index in [1.807, 2.05) is 12.1 Å². The zero-order valence-corrected chi connectivity index (χ0v) is 9.71. The van der Waals surface area contributed by atoms with Crippen molar-refractivity contribution < 1.29 is 9.53 Å². The van der Waals surface area contributed by atoms with Crippen LogP contribution in [0.15, 0.2) is 28.7 Å². The summed E-state index contributed by atoms with van der Waals surface area (Å²) in [6, 6.07) is 7.16. The molecule has 0 N–H and O–H groups in total. The number of carbonyl (C=O) groups is 1. The molecule has 3 heteroatoms. The molecule has 0 aliphatic carbocycles. The lowest BCUT2D eigenvalue weighted by atomic mass is 10.2. The Bertz CT molecular complexity index is 293. The predicted molar refractivity (Wildman–Crippen MR) is 59.3 cm³/mol. The Morgan fingerprint density at radius 2 is 2.00 bits per heavy atom. The molecule has 2 nitrogen and oxygen atoms in total. The molecule has 1 rings (SSSR count). The second-order valence-electron chi connectivity index (χ2n) is 3.00. The maximum atomic E-state index is 11.4. The Morgan fingerprint density at radius 3 is 2.57 bits per heavy atom. The van der Waals surface area contributed by atoms with Crippen LogP contribution in [0.4, 0.5) is 0 Å². The molecule has 1 aromatic carbocycles. The van der Waals surface area contributed by atoms with Gasteiger partial charge in [0, 0.05) is 4.47 Å². The molecule has 0 heterocycles. The van der Waals surface area contributed by atoms with Gasteiger partial charge in [0.05, 0.1) is 12.2 Å². The third-order valence-corrected chi connectivity index (χ3v) is 2.34. The first-order chi connectivity index (χ1) is 6.74. The number of ether oxygens (including phenoxy) is 1. The van der Waals surface area contributed by atoms with E-state index in [-0.39, 0.29) is 5.97 Å². The largest absolute Gasteiger partial charge is 0.462 e. The van der Waals surface area contributed by atoms with Crippen LogP contribution in [0.1, 0.15) is 30.1 Å². The van der Waals surface area contributed by atoms with Gasteiger partial charge in [-0.15, -0.1) is 0 Å². The van der Waals surface area contributed by atoms with Crippen LogP contribution in [0, 0.1) is 0 Å². The molecule has 0 spiro atoms. The fourth-order valence-electron chi connectivity index (χ4n) is 0.979. The molecule has 14 heavy (non-hydrogen) atoms. The lowest BCUT2D eigenvalue weighted by molar-refractivity contribution is 0.0500. The summed E-state index contributed by atoms with van der Waals surface area (Å²) in [6.07, 6.45) is 1.95. The van der Waals surface area contributed by atoms with Crippen molar-refractivity contribution in [3.63, 3.8) is 0 Å². The van der Waals surface area contributed by atoms with Crippen molar-refractivity contribution in [1.82, 2.24) is 0 Å². The number of hydrogen-bond acceptors (Lipinski definition) is 2. The van der Waals surface area contributed by atoms with Crippen LogP contribution >= 0.6 is 15.9 Å². The Hall–Kier alpha value is -0.830. The first-order valence-corrected chi connectivity index (χ1v) is 5.46. The molecule has 0 atom stereocenters. The van der Waals surface area contributed by atoms with Crippen LogP contribution in [0.3, 0.4) is 0 Å². The average molecular weight is 257 g/mol. The molecule has 0 radical (unpaired) electrons. The molecule has 0 aliphatic rings. The van der Waals surface area contributed by atoms with E-state index in [4.69, 9.17) is 4.74 Å². The van der Waals surface area contributed by atoms with Crippen molar-refractivity contribution in [2.75, 3.05) is 6.61 Å². The van der Waals surface area contributed by atoms with Crippen molar-refractivity contribution in [3.05, 3.63) is 34.3 Å². The topological polar surface area (TPSA) is 26.3 Å². The first kappa shape index (κ1) is 11.2. The van der Waals surface area contributed by atoms with E-state index in [2.05, 4.69) is 22.9 Å². The molecule has 0 saturated carbocycles. The number of hydrogen-bond donors (Lipinski definition) is 0. The zero-order valence-electron chi connectivity index (χ0n) is 8.13. The minimum Gasteiger partial charge on any atom is -0.462 e. The van der Waals surface area contributed by atoms with Crippen molar-refractivity contribution in [3.8, 4) is 0 Å². The fraction of sp³-hybridized carbons (Fsp3) is 0.364. The van der Waals surface area contributed by atoms with Crippen LogP contribution in [0.5, 0.6) is 0 Å². The minimum absolute atomic E-state index is 0.244. The van der Waals surface area contributed by atoms with E-state index in [1.165, 1.54) is 0 Å². The summed E-state index contributed by atoms with van der Waals surface area (Å²) in [7, 11) is 0. The summed E-state index contributed by atoms with van der Waals surface area (Å²) < 4.78 is 6.01. The molecule has 0 unspecified atom stereocenters. The zero-order chi connectivity index (χ0) is 10.4. The lowest BCUT2D eigenvalue weighted by Gasteiger charge is -2.03. The Labute approximate surface area is 92.4 Å². The van der Waals surface area contributed by atoms with Crippen LogP contribution < -0.4 is 0 Å². The second kappa shape index (κ2) is 5.81. The molecule has 0 saturated heterocycles. The Kier molecular flexibility index (Phi) is 4.66. The van der Waals surface area contributed by atoms with Crippen LogP contribution in [0.25, 0.3) is 0 Å². The number of unbranched alkanes of at least 4 members (excludes halogenated alkanes) is 1. The Balaban J connectivity index is 2.48. The summed E-state index contributed by atoms with van der Waals surface area (Å²) in [5.74, 6) is -0.244. The normalized spacial score (nSPS) is 9.86. The molecule has 0 aliphatic heterocycles. The lowest BCUT2D eigenvalue weighted by Crippen LogP contribution is -2.05. The van der Waals surface area contributed by atoms with Gasteiger partial charge in [-0.2, -0.15) is 0 Å². The minimum atomic E-state index is -0.244. The maximum Gasteiger partial charge on any atom is 0.338 e. The van der Waals surface area contributed by atoms with Gasteiger partial charge >= 0.3 is 5.97 Å². The monoisotopic (exact) mass is 256 g/mol. The van der Waals surface area contributed by atoms with Gasteiger partial charge in [0.1, 0.15) is 0 Å². The maximum absolute atomic E-state index is 11.4. The quantitative estimate of drug-likeness (QED) is 0.610. The molecule has 0 amide bonds. The van der Waals surface area contributed by atoms with Gasteiger partial charge in [-0.25, -0.2) is 4.79 Å². The van der Waals surface area contributed by atoms with E-state index < -0.39 is 0 Å². The van der Waals surface area contributed by atoms with E-state index in [0.717, 1.165) is 17.3 Å². The van der Waals surface area contributed by atoms with Gasteiger partial charge in [0.15, 0.2) is 0 Å². The third kappa shape index (κ3) is 3.50. The predicted octanol–water partition coefficient (Wildman–Crippen LogP) is 3.41. The molecule has 76 valence electrons. The van der Waals surface area contributed by atoms with Gasteiger partial charge in [-0.1, -0.05) is 29.3 Å². The summed E-state index contributed by atoms with van der Waals surface area (Å²) in [4.78, 5) is 11.4. The van der Waals surface area contributed by atoms with Gasteiger partial charge in [0.25, 0.3) is 0 Å².